The summed E-state index contributed by atoms with van der Waals surface area (Å²) >= 11 is 0. The summed E-state index contributed by atoms with van der Waals surface area (Å²) < 4.78 is 11.5. The van der Waals surface area contributed by atoms with Crippen LogP contribution in [0.3, 0.4) is 0 Å². The maximum atomic E-state index is 6.20. The van der Waals surface area contributed by atoms with Gasteiger partial charge in [0, 0.05) is 12.0 Å². The summed E-state index contributed by atoms with van der Waals surface area (Å²) in [6, 6.07) is 26.9. The Morgan fingerprint density at radius 1 is 0.897 bits per heavy atom. The van der Waals surface area contributed by atoms with E-state index in [1.165, 1.54) is 11.1 Å². The van der Waals surface area contributed by atoms with Crippen LogP contribution in [0, 0.1) is 6.92 Å². The Kier molecular flexibility index (Phi) is 6.73. The fourth-order valence-electron chi connectivity index (χ4n) is 3.33. The average Bonchev–Trinajstić information content (AvgIpc) is 2.74. The molecule has 0 spiro atoms. The summed E-state index contributed by atoms with van der Waals surface area (Å²) in [7, 11) is 1.67. The van der Waals surface area contributed by atoms with Gasteiger partial charge in [0.2, 0.25) is 5.36 Å². The number of methoxy groups -OCH3 is 1. The van der Waals surface area contributed by atoms with E-state index in [0.29, 0.717) is 0 Å². The predicted molar refractivity (Wildman–Crippen MR) is 112 cm³/mol. The van der Waals surface area contributed by atoms with Crippen LogP contribution in [0.25, 0.3) is 22.3 Å². The first-order valence-corrected chi connectivity index (χ1v) is 9.53. The monoisotopic (exact) mass is 405 g/mol. The molecule has 0 atom stereocenters. The summed E-state index contributed by atoms with van der Waals surface area (Å²) in [5, 5.41) is 2.19. The van der Waals surface area contributed by atoms with E-state index in [9.17, 15) is 0 Å². The van der Waals surface area contributed by atoms with Crippen LogP contribution in [0.2, 0.25) is 0 Å². The topological polar surface area (TPSA) is 36.3 Å². The number of hydrogen-bond acceptors (Lipinski definition) is 2. The third-order valence-electron chi connectivity index (χ3n) is 4.87. The molecule has 0 bridgehead atoms. The minimum absolute atomic E-state index is 0. The van der Waals surface area contributed by atoms with Crippen molar-refractivity contribution < 1.29 is 26.6 Å². The van der Waals surface area contributed by atoms with Crippen LogP contribution >= 0.6 is 0 Å². The van der Waals surface area contributed by atoms with Crippen LogP contribution in [0.5, 0.6) is 5.75 Å². The van der Waals surface area contributed by atoms with Crippen molar-refractivity contribution in [3.63, 3.8) is 0 Å². The van der Waals surface area contributed by atoms with Gasteiger partial charge >= 0.3 is 0 Å². The Labute approximate surface area is 177 Å². The maximum Gasteiger partial charge on any atom is 0.213 e. The summed E-state index contributed by atoms with van der Waals surface area (Å²) in [4.78, 5) is 3.61. The Morgan fingerprint density at radius 2 is 1.66 bits per heavy atom. The van der Waals surface area contributed by atoms with Gasteiger partial charge < -0.3 is 21.6 Å². The van der Waals surface area contributed by atoms with Crippen molar-refractivity contribution in [2.45, 2.75) is 13.3 Å². The molecule has 0 aliphatic carbocycles. The second-order valence-corrected chi connectivity index (χ2v) is 6.91. The van der Waals surface area contributed by atoms with Gasteiger partial charge in [-0.25, -0.2) is 4.99 Å². The van der Waals surface area contributed by atoms with Crippen LogP contribution in [-0.2, 0) is 6.42 Å². The molecule has 0 amide bonds. The molecule has 3 nitrogen and oxygen atoms in total. The highest BCUT2D eigenvalue weighted by Crippen LogP contribution is 2.24. The molecule has 3 aromatic carbocycles. The van der Waals surface area contributed by atoms with Crippen molar-refractivity contribution in [3.8, 4) is 17.1 Å². The molecule has 0 saturated carbocycles. The number of rotatable bonds is 5. The molecule has 0 radical (unpaired) electrons. The van der Waals surface area contributed by atoms with Crippen molar-refractivity contribution >= 4 is 11.0 Å². The van der Waals surface area contributed by atoms with E-state index < -0.39 is 0 Å². The predicted octanol–water partition coefficient (Wildman–Crippen LogP) is 0.645. The van der Waals surface area contributed by atoms with Gasteiger partial charge in [-0.1, -0.05) is 42.0 Å². The van der Waals surface area contributed by atoms with Crippen molar-refractivity contribution in [1.82, 2.24) is 0 Å². The molecule has 0 aliphatic rings. The van der Waals surface area contributed by atoms with E-state index in [4.69, 9.17) is 9.15 Å². The molecule has 0 saturated heterocycles. The van der Waals surface area contributed by atoms with Crippen LogP contribution < -0.4 is 27.5 Å². The van der Waals surface area contributed by atoms with Gasteiger partial charge in [0.1, 0.15) is 23.6 Å². The zero-order valence-electron chi connectivity index (χ0n) is 16.6. The quantitative estimate of drug-likeness (QED) is 0.529. The minimum Gasteiger partial charge on any atom is -1.00 e. The van der Waals surface area contributed by atoms with Crippen LogP contribution in [0.15, 0.2) is 83.3 Å². The fourth-order valence-corrected chi connectivity index (χ4v) is 3.33. The van der Waals surface area contributed by atoms with Crippen LogP contribution in [-0.4, -0.2) is 13.7 Å². The average molecular weight is 406 g/mol. The van der Waals surface area contributed by atoms with Crippen molar-refractivity contribution in [3.05, 3.63) is 95.3 Å². The summed E-state index contributed by atoms with van der Waals surface area (Å²) in [5.74, 6) is 1.67. The number of fused-ring (bicyclic) bond motifs is 1. The molecule has 148 valence electrons. The Hall–Kier alpha value is -3.04. The maximum absolute atomic E-state index is 6.20. The zero-order chi connectivity index (χ0) is 19.3. The first-order chi connectivity index (χ1) is 13.7. The van der Waals surface area contributed by atoms with Gasteiger partial charge in [0.25, 0.3) is 0 Å². The van der Waals surface area contributed by atoms with Crippen LogP contribution in [0.1, 0.15) is 11.1 Å². The van der Waals surface area contributed by atoms with Crippen molar-refractivity contribution in [2.24, 2.45) is 0 Å². The Morgan fingerprint density at radius 3 is 2.38 bits per heavy atom. The van der Waals surface area contributed by atoms with Crippen molar-refractivity contribution in [2.75, 3.05) is 13.7 Å². The first-order valence-electron chi connectivity index (χ1n) is 9.53. The molecule has 0 aliphatic heterocycles. The molecule has 1 aromatic heterocycles. The SMILES string of the molecule is COc1ccc(-c2cc(=[NH+]CCc3ccccc3)c3cc(C)ccc3o2)cc1.[Cl-]. The van der Waals surface area contributed by atoms with Gasteiger partial charge in [-0.15, -0.1) is 0 Å². The molecule has 4 aromatic rings. The largest absolute Gasteiger partial charge is 1.00 e. The molecular weight excluding hydrogens is 382 g/mol. The third kappa shape index (κ3) is 4.87. The van der Waals surface area contributed by atoms with E-state index in [1.807, 2.05) is 36.4 Å². The standard InChI is InChI=1S/C25H23NO2.ClH/c1-18-8-13-24-22(16-18)23(26-15-14-19-6-4-3-5-7-19)17-25(28-24)20-9-11-21(27-2)12-10-20;/h3-13,16-17H,14-15H2,1-2H3;1H. The molecule has 4 rings (SSSR count). The third-order valence-corrected chi connectivity index (χ3v) is 4.87. The van der Waals surface area contributed by atoms with Gasteiger partial charge in [-0.05, 0) is 48.9 Å². The highest BCUT2D eigenvalue weighted by molar-refractivity contribution is 5.78. The summed E-state index contributed by atoms with van der Waals surface area (Å²) in [6.45, 7) is 2.96. The van der Waals surface area contributed by atoms with E-state index in [0.717, 1.165) is 46.4 Å². The molecule has 1 N–H and O–H groups in total. The fraction of sp³-hybridized carbons (Fsp3) is 0.160. The molecule has 4 heteroatoms. The lowest BCUT2D eigenvalue weighted by molar-refractivity contribution is -0.498. The lowest BCUT2D eigenvalue weighted by atomic mass is 10.1. The summed E-state index contributed by atoms with van der Waals surface area (Å²) in [6.07, 6.45) is 0.970. The number of benzene rings is 3. The number of halogens is 1. The first kappa shape index (κ1) is 20.7. The van der Waals surface area contributed by atoms with E-state index in [-0.39, 0.29) is 12.4 Å². The molecule has 1 heterocycles. The molecule has 0 fully saturated rings. The zero-order valence-corrected chi connectivity index (χ0v) is 17.4. The lowest BCUT2D eigenvalue weighted by Gasteiger charge is -2.05. The Balaban J connectivity index is 0.00000240. The molecular formula is C25H24ClNO2. The summed E-state index contributed by atoms with van der Waals surface area (Å²) in [5.41, 5.74) is 4.44. The molecule has 0 unspecified atom stereocenters. The highest BCUT2D eigenvalue weighted by atomic mass is 35.5. The normalized spacial score (nSPS) is 11.3. The number of aryl methyl sites for hydroxylation is 1. The van der Waals surface area contributed by atoms with Crippen molar-refractivity contribution in [1.29, 1.82) is 0 Å². The minimum atomic E-state index is 0. The van der Waals surface area contributed by atoms with E-state index >= 15 is 0 Å². The number of hydrogen-bond donors (Lipinski definition) is 1. The smallest absolute Gasteiger partial charge is 0.213 e. The highest BCUT2D eigenvalue weighted by Gasteiger charge is 2.09. The second-order valence-electron chi connectivity index (χ2n) is 6.91. The van der Waals surface area contributed by atoms with Gasteiger partial charge in [-0.3, -0.25) is 0 Å². The van der Waals surface area contributed by atoms with Crippen LogP contribution in [0.4, 0.5) is 0 Å². The Bertz CT molecular complexity index is 1150. The number of nitrogens with one attached hydrogen (secondary N) is 1. The van der Waals surface area contributed by atoms with E-state index in [2.05, 4.69) is 54.4 Å². The lowest BCUT2D eigenvalue weighted by Crippen LogP contribution is -3.00. The van der Waals surface area contributed by atoms with Gasteiger partial charge in [0.15, 0.2) is 0 Å². The molecule has 29 heavy (non-hydrogen) atoms. The number of ether oxygens (including phenoxy) is 1. The second kappa shape index (κ2) is 9.44. The van der Waals surface area contributed by atoms with Gasteiger partial charge in [0.05, 0.1) is 18.6 Å². The van der Waals surface area contributed by atoms with Gasteiger partial charge in [-0.2, -0.15) is 0 Å². The van der Waals surface area contributed by atoms with E-state index in [1.54, 1.807) is 7.11 Å².